The van der Waals surface area contributed by atoms with Crippen molar-refractivity contribution >= 4 is 11.8 Å². The number of ketones is 1. The zero-order valence-electron chi connectivity index (χ0n) is 22.7. The summed E-state index contributed by atoms with van der Waals surface area (Å²) in [4.78, 5) is 24.8. The molecule has 0 saturated heterocycles. The van der Waals surface area contributed by atoms with Crippen LogP contribution in [0.25, 0.3) is 0 Å². The lowest BCUT2D eigenvalue weighted by atomic mass is 10.0. The molecule has 0 radical (unpaired) electrons. The molecule has 32 heavy (non-hydrogen) atoms. The molecule has 0 spiro atoms. The average Bonchev–Trinajstić information content (AvgIpc) is 2.69. The Morgan fingerprint density at radius 1 is 0.719 bits per heavy atom. The van der Waals surface area contributed by atoms with E-state index in [1.54, 1.807) is 0 Å². The van der Waals surface area contributed by atoms with E-state index in [2.05, 4.69) is 28.1 Å². The van der Waals surface area contributed by atoms with Gasteiger partial charge in [0, 0.05) is 12.3 Å². The molecule has 0 amide bonds. The van der Waals surface area contributed by atoms with Gasteiger partial charge in [-0.3, -0.25) is 9.59 Å². The first kappa shape index (κ1) is 31.1. The van der Waals surface area contributed by atoms with E-state index < -0.39 is 0 Å². The minimum atomic E-state index is -0.327. The summed E-state index contributed by atoms with van der Waals surface area (Å²) >= 11 is 0. The Bertz CT molecular complexity index is 482. The molecule has 0 saturated carbocycles. The van der Waals surface area contributed by atoms with E-state index >= 15 is 0 Å². The van der Waals surface area contributed by atoms with Gasteiger partial charge in [0.25, 0.3) is 0 Å². The third-order valence-electron chi connectivity index (χ3n) is 6.25. The first-order valence-electron chi connectivity index (χ1n) is 13.6. The van der Waals surface area contributed by atoms with Gasteiger partial charge in [0.05, 0.1) is 27.1 Å². The quantitative estimate of drug-likeness (QED) is 0.103. The fraction of sp³-hybridized carbons (Fsp3) is 0.929. The van der Waals surface area contributed by atoms with Gasteiger partial charge in [-0.1, -0.05) is 111 Å². The van der Waals surface area contributed by atoms with Crippen LogP contribution in [0.3, 0.4) is 0 Å². The van der Waals surface area contributed by atoms with Gasteiger partial charge in [-0.2, -0.15) is 0 Å². The van der Waals surface area contributed by atoms with E-state index in [9.17, 15) is 9.59 Å². The molecule has 0 aliphatic rings. The first-order chi connectivity index (χ1) is 15.1. The molecule has 2 atom stereocenters. The maximum Gasteiger partial charge on any atom is 0.309 e. The van der Waals surface area contributed by atoms with Crippen molar-refractivity contribution in [1.82, 2.24) is 0 Å². The molecule has 0 aromatic rings. The summed E-state index contributed by atoms with van der Waals surface area (Å²) in [6, 6.07) is 0. The van der Waals surface area contributed by atoms with Crippen LogP contribution in [0.4, 0.5) is 0 Å². The summed E-state index contributed by atoms with van der Waals surface area (Å²) in [6.45, 7) is 8.72. The smallest absolute Gasteiger partial charge is 0.309 e. The Labute approximate surface area is 200 Å². The highest BCUT2D eigenvalue weighted by atomic mass is 16.5. The third-order valence-corrected chi connectivity index (χ3v) is 6.25. The number of hydrogen-bond acceptors (Lipinski definition) is 3. The number of carbonyl (C=O) groups excluding carboxylic acids is 2. The number of Topliss-reactive ketones (excluding diaryl/α,β-unsaturated/α-hetero) is 1. The zero-order valence-corrected chi connectivity index (χ0v) is 22.7. The van der Waals surface area contributed by atoms with Crippen molar-refractivity contribution in [3.8, 4) is 0 Å². The predicted molar refractivity (Wildman–Crippen MR) is 137 cm³/mol. The number of rotatable bonds is 21. The van der Waals surface area contributed by atoms with Gasteiger partial charge in [-0.05, 0) is 6.42 Å². The second-order valence-electron chi connectivity index (χ2n) is 11.3. The molecule has 0 heterocycles. The molecular formula is C28H56NO3+. The average molecular weight is 455 g/mol. The maximum atomic E-state index is 12.6. The van der Waals surface area contributed by atoms with Crippen molar-refractivity contribution < 1.29 is 18.8 Å². The van der Waals surface area contributed by atoms with Gasteiger partial charge in [-0.15, -0.1) is 0 Å². The number of ether oxygens (including phenoxy) is 1. The number of carbonyl (C=O) groups is 2. The van der Waals surface area contributed by atoms with Crippen LogP contribution in [-0.2, 0) is 14.3 Å². The Kier molecular flexibility index (Phi) is 18.0. The minimum Gasteiger partial charge on any atom is -0.456 e. The summed E-state index contributed by atoms with van der Waals surface area (Å²) in [5, 5.41) is 0. The van der Waals surface area contributed by atoms with Crippen LogP contribution in [0.5, 0.6) is 0 Å². The fourth-order valence-corrected chi connectivity index (χ4v) is 4.08. The number of hydrogen-bond donors (Lipinski definition) is 0. The fourth-order valence-electron chi connectivity index (χ4n) is 4.08. The third kappa shape index (κ3) is 18.7. The molecule has 0 aromatic heterocycles. The molecule has 0 bridgehead atoms. The Hall–Kier alpha value is -0.900. The lowest BCUT2D eigenvalue weighted by molar-refractivity contribution is -0.873. The molecule has 0 fully saturated rings. The Balaban J connectivity index is 3.95. The first-order valence-corrected chi connectivity index (χ1v) is 13.6. The zero-order chi connectivity index (χ0) is 24.4. The van der Waals surface area contributed by atoms with E-state index in [1.165, 1.54) is 77.0 Å². The summed E-state index contributed by atoms with van der Waals surface area (Å²) in [5.74, 6) is -0.0851. The number of esters is 1. The van der Waals surface area contributed by atoms with Gasteiger partial charge < -0.3 is 9.22 Å². The van der Waals surface area contributed by atoms with E-state index in [1.807, 2.05) is 20.8 Å². The van der Waals surface area contributed by atoms with Crippen molar-refractivity contribution in [2.45, 2.75) is 130 Å². The van der Waals surface area contributed by atoms with Crippen molar-refractivity contribution in [2.75, 3.05) is 27.7 Å². The monoisotopic (exact) mass is 454 g/mol. The molecule has 2 unspecified atom stereocenters. The number of likely N-dealkylation sites (N-methyl/N-ethyl adjacent to an activating group) is 1. The second-order valence-corrected chi connectivity index (χ2v) is 11.3. The second kappa shape index (κ2) is 18.5. The van der Waals surface area contributed by atoms with Crippen LogP contribution in [-0.4, -0.2) is 50.0 Å². The van der Waals surface area contributed by atoms with E-state index in [4.69, 9.17) is 4.74 Å². The van der Waals surface area contributed by atoms with Crippen molar-refractivity contribution in [3.63, 3.8) is 0 Å². The number of nitrogens with zero attached hydrogens (tertiary/aromatic N) is 1. The SMILES string of the molecule is CCCCCCCCCCCCCCCC(C)C(=O)OC(CC(=O)C(C)C)C[N+](C)(C)C. The standard InChI is InChI=1S/C28H56NO3/c1-8-9-10-11-12-13-14-15-16-17-18-19-20-21-25(4)28(31)32-26(23-29(5,6)7)22-27(30)24(2)3/h24-26H,8-23H2,1-7H3/q+1. The van der Waals surface area contributed by atoms with Gasteiger partial charge >= 0.3 is 5.97 Å². The van der Waals surface area contributed by atoms with Crippen LogP contribution in [0.1, 0.15) is 124 Å². The molecule has 4 heteroatoms. The summed E-state index contributed by atoms with van der Waals surface area (Å²) in [7, 11) is 6.20. The number of unbranched alkanes of at least 4 members (excludes halogenated alkanes) is 12. The predicted octanol–water partition coefficient (Wildman–Crippen LogP) is 7.34. The highest BCUT2D eigenvalue weighted by Gasteiger charge is 2.27. The van der Waals surface area contributed by atoms with Crippen LogP contribution in [0, 0.1) is 11.8 Å². The van der Waals surface area contributed by atoms with E-state index in [0.29, 0.717) is 17.4 Å². The largest absolute Gasteiger partial charge is 0.456 e. The molecule has 0 aliphatic carbocycles. The molecule has 190 valence electrons. The molecular weight excluding hydrogens is 398 g/mol. The molecule has 0 aliphatic heterocycles. The lowest BCUT2D eigenvalue weighted by Crippen LogP contribution is -2.44. The highest BCUT2D eigenvalue weighted by Crippen LogP contribution is 2.17. The Morgan fingerprint density at radius 3 is 1.56 bits per heavy atom. The Morgan fingerprint density at radius 2 is 1.16 bits per heavy atom. The van der Waals surface area contributed by atoms with Crippen molar-refractivity contribution in [2.24, 2.45) is 11.8 Å². The van der Waals surface area contributed by atoms with E-state index in [-0.39, 0.29) is 29.7 Å². The minimum absolute atomic E-state index is 0.0214. The molecule has 0 N–H and O–H groups in total. The summed E-state index contributed by atoms with van der Waals surface area (Å²) in [5.41, 5.74) is 0. The highest BCUT2D eigenvalue weighted by molar-refractivity contribution is 5.81. The van der Waals surface area contributed by atoms with Gasteiger partial charge in [0.2, 0.25) is 0 Å². The summed E-state index contributed by atoms with van der Waals surface area (Å²) < 4.78 is 6.47. The topological polar surface area (TPSA) is 43.4 Å². The van der Waals surface area contributed by atoms with Gasteiger partial charge in [-0.25, -0.2) is 0 Å². The van der Waals surface area contributed by atoms with Crippen LogP contribution in [0.15, 0.2) is 0 Å². The van der Waals surface area contributed by atoms with Crippen LogP contribution < -0.4 is 0 Å². The van der Waals surface area contributed by atoms with Crippen molar-refractivity contribution in [3.05, 3.63) is 0 Å². The normalized spacial score (nSPS) is 13.9. The van der Waals surface area contributed by atoms with Crippen LogP contribution >= 0.6 is 0 Å². The maximum absolute atomic E-state index is 12.6. The number of quaternary nitrogens is 1. The lowest BCUT2D eigenvalue weighted by Gasteiger charge is -2.29. The van der Waals surface area contributed by atoms with Crippen LogP contribution in [0.2, 0.25) is 0 Å². The van der Waals surface area contributed by atoms with Gasteiger partial charge in [0.15, 0.2) is 6.10 Å². The summed E-state index contributed by atoms with van der Waals surface area (Å²) in [6.07, 6.45) is 18.2. The van der Waals surface area contributed by atoms with Gasteiger partial charge in [0.1, 0.15) is 12.3 Å². The molecule has 0 rings (SSSR count). The van der Waals surface area contributed by atoms with Crippen molar-refractivity contribution in [1.29, 1.82) is 0 Å². The van der Waals surface area contributed by atoms with E-state index in [0.717, 1.165) is 12.8 Å². The molecule has 4 nitrogen and oxygen atoms in total. The molecule has 0 aromatic carbocycles.